The van der Waals surface area contributed by atoms with Gasteiger partial charge >= 0.3 is 0 Å². The maximum Gasteiger partial charge on any atom is 0.220 e. The van der Waals surface area contributed by atoms with Crippen molar-refractivity contribution in [3.8, 4) is 0 Å². The predicted molar refractivity (Wildman–Crippen MR) is 83.6 cm³/mol. The Morgan fingerprint density at radius 2 is 2.19 bits per heavy atom. The van der Waals surface area contributed by atoms with E-state index in [0.717, 1.165) is 5.56 Å². The molecule has 6 heteroatoms. The Morgan fingerprint density at radius 1 is 1.43 bits per heavy atom. The zero-order chi connectivity index (χ0) is 15.4. The molecule has 21 heavy (non-hydrogen) atoms. The van der Waals surface area contributed by atoms with Gasteiger partial charge in [0.2, 0.25) is 11.8 Å². The highest BCUT2D eigenvalue weighted by Gasteiger charge is 2.26. The molecule has 1 aliphatic rings. The Kier molecular flexibility index (Phi) is 5.48. The molecular formula is C15H18Cl2N2O2. The minimum atomic E-state index is -0.0333. The van der Waals surface area contributed by atoms with Crippen LogP contribution >= 0.6 is 23.2 Å². The molecule has 0 aliphatic carbocycles. The topological polar surface area (TPSA) is 58.2 Å². The third-order valence-electron chi connectivity index (χ3n) is 3.66. The fourth-order valence-corrected chi connectivity index (χ4v) is 2.92. The van der Waals surface area contributed by atoms with Crippen LogP contribution in [0.4, 0.5) is 0 Å². The van der Waals surface area contributed by atoms with Crippen molar-refractivity contribution in [2.24, 2.45) is 0 Å². The molecule has 2 N–H and O–H groups in total. The van der Waals surface area contributed by atoms with Gasteiger partial charge in [0.25, 0.3) is 0 Å². The number of amides is 2. The first-order valence-electron chi connectivity index (χ1n) is 6.98. The summed E-state index contributed by atoms with van der Waals surface area (Å²) in [4.78, 5) is 23.2. The van der Waals surface area contributed by atoms with E-state index in [1.54, 1.807) is 12.1 Å². The monoisotopic (exact) mass is 328 g/mol. The quantitative estimate of drug-likeness (QED) is 0.892. The minimum absolute atomic E-state index is 0.00381. The Balaban J connectivity index is 1.83. The van der Waals surface area contributed by atoms with Crippen LogP contribution in [0.5, 0.6) is 0 Å². The second-order valence-corrected chi connectivity index (χ2v) is 6.15. The number of halogens is 2. The van der Waals surface area contributed by atoms with Crippen molar-refractivity contribution in [2.75, 3.05) is 0 Å². The third kappa shape index (κ3) is 4.61. The molecule has 0 spiro atoms. The molecule has 1 heterocycles. The molecule has 0 saturated carbocycles. The number of rotatable bonds is 4. The van der Waals surface area contributed by atoms with E-state index >= 15 is 0 Å². The molecule has 114 valence electrons. The molecular weight excluding hydrogens is 311 g/mol. The Hall–Kier alpha value is -1.26. The number of aryl methyl sites for hydroxylation is 1. The van der Waals surface area contributed by atoms with Crippen LogP contribution in [0.25, 0.3) is 0 Å². The summed E-state index contributed by atoms with van der Waals surface area (Å²) in [7, 11) is 0. The van der Waals surface area contributed by atoms with E-state index < -0.39 is 0 Å². The van der Waals surface area contributed by atoms with Gasteiger partial charge in [0.05, 0.1) is 0 Å². The SMILES string of the molecule is CC1NC(=O)CCC1NC(=O)CCc1ccc(Cl)cc1Cl. The van der Waals surface area contributed by atoms with Gasteiger partial charge in [-0.05, 0) is 37.5 Å². The molecule has 0 bridgehead atoms. The van der Waals surface area contributed by atoms with E-state index in [1.165, 1.54) is 0 Å². The van der Waals surface area contributed by atoms with Crippen molar-refractivity contribution in [1.82, 2.24) is 10.6 Å². The molecule has 1 aromatic carbocycles. The zero-order valence-corrected chi connectivity index (χ0v) is 13.3. The number of piperidine rings is 1. The fourth-order valence-electron chi connectivity index (χ4n) is 2.41. The fraction of sp³-hybridized carbons (Fsp3) is 0.467. The molecule has 2 unspecified atom stereocenters. The summed E-state index contributed by atoms with van der Waals surface area (Å²) in [5, 5.41) is 6.96. The Bertz CT molecular complexity index is 548. The van der Waals surface area contributed by atoms with Gasteiger partial charge in [-0.3, -0.25) is 9.59 Å². The lowest BCUT2D eigenvalue weighted by molar-refractivity contribution is -0.126. The number of carbonyl (C=O) groups excluding carboxylic acids is 2. The zero-order valence-electron chi connectivity index (χ0n) is 11.8. The predicted octanol–water partition coefficient (Wildman–Crippen LogP) is 2.71. The lowest BCUT2D eigenvalue weighted by Gasteiger charge is -2.30. The van der Waals surface area contributed by atoms with Gasteiger partial charge in [-0.2, -0.15) is 0 Å². The maximum atomic E-state index is 12.0. The molecule has 1 fully saturated rings. The standard InChI is InChI=1S/C15H18Cl2N2O2/c1-9-13(5-7-14(20)18-9)19-15(21)6-3-10-2-4-11(16)8-12(10)17/h2,4,8-9,13H,3,5-7H2,1H3,(H,18,20)(H,19,21). The van der Waals surface area contributed by atoms with E-state index in [0.29, 0.717) is 35.7 Å². The van der Waals surface area contributed by atoms with E-state index in [2.05, 4.69) is 10.6 Å². The van der Waals surface area contributed by atoms with Crippen molar-refractivity contribution in [3.05, 3.63) is 33.8 Å². The summed E-state index contributed by atoms with van der Waals surface area (Å²) >= 11 is 11.9. The van der Waals surface area contributed by atoms with Crippen LogP contribution in [0.2, 0.25) is 10.0 Å². The van der Waals surface area contributed by atoms with Gasteiger partial charge in [-0.25, -0.2) is 0 Å². The first-order chi connectivity index (χ1) is 9.95. The van der Waals surface area contributed by atoms with Crippen LogP contribution in [-0.4, -0.2) is 23.9 Å². The van der Waals surface area contributed by atoms with Crippen molar-refractivity contribution < 1.29 is 9.59 Å². The van der Waals surface area contributed by atoms with E-state index in [9.17, 15) is 9.59 Å². The Labute approximate surface area is 134 Å². The third-order valence-corrected chi connectivity index (χ3v) is 4.24. The summed E-state index contributed by atoms with van der Waals surface area (Å²) in [6.07, 6.45) is 2.06. The second-order valence-electron chi connectivity index (χ2n) is 5.30. The first-order valence-corrected chi connectivity index (χ1v) is 7.74. The van der Waals surface area contributed by atoms with Crippen molar-refractivity contribution in [3.63, 3.8) is 0 Å². The van der Waals surface area contributed by atoms with E-state index in [1.807, 2.05) is 13.0 Å². The molecule has 2 rings (SSSR count). The minimum Gasteiger partial charge on any atom is -0.352 e. The van der Waals surface area contributed by atoms with Crippen LogP contribution in [0.3, 0.4) is 0 Å². The molecule has 4 nitrogen and oxygen atoms in total. The summed E-state index contributed by atoms with van der Waals surface area (Å²) in [6.45, 7) is 1.90. The highest BCUT2D eigenvalue weighted by Crippen LogP contribution is 2.22. The first kappa shape index (κ1) is 16.1. The van der Waals surface area contributed by atoms with Crippen LogP contribution in [0.1, 0.15) is 31.7 Å². The summed E-state index contributed by atoms with van der Waals surface area (Å²) in [5.74, 6) is 0.00922. The highest BCUT2D eigenvalue weighted by atomic mass is 35.5. The molecule has 0 aromatic heterocycles. The van der Waals surface area contributed by atoms with Crippen molar-refractivity contribution in [2.45, 2.75) is 44.7 Å². The Morgan fingerprint density at radius 3 is 2.86 bits per heavy atom. The molecule has 1 aliphatic heterocycles. The smallest absolute Gasteiger partial charge is 0.220 e. The summed E-state index contributed by atoms with van der Waals surface area (Å²) in [5.41, 5.74) is 0.904. The van der Waals surface area contributed by atoms with Gasteiger partial charge in [-0.1, -0.05) is 29.3 Å². The van der Waals surface area contributed by atoms with E-state index in [-0.39, 0.29) is 23.9 Å². The number of benzene rings is 1. The molecule has 1 aromatic rings. The number of hydrogen-bond acceptors (Lipinski definition) is 2. The van der Waals surface area contributed by atoms with Crippen LogP contribution < -0.4 is 10.6 Å². The lowest BCUT2D eigenvalue weighted by Crippen LogP contribution is -2.53. The molecule has 2 atom stereocenters. The highest BCUT2D eigenvalue weighted by molar-refractivity contribution is 6.35. The van der Waals surface area contributed by atoms with Gasteiger partial charge in [0.15, 0.2) is 0 Å². The second kappa shape index (κ2) is 7.14. The molecule has 2 amide bonds. The van der Waals surface area contributed by atoms with Gasteiger partial charge in [-0.15, -0.1) is 0 Å². The molecule has 1 saturated heterocycles. The molecule has 0 radical (unpaired) electrons. The average Bonchev–Trinajstić information content (AvgIpc) is 2.41. The number of carbonyl (C=O) groups is 2. The normalized spacial score (nSPS) is 21.8. The van der Waals surface area contributed by atoms with E-state index in [4.69, 9.17) is 23.2 Å². The van der Waals surface area contributed by atoms with Crippen molar-refractivity contribution >= 4 is 35.0 Å². The van der Waals surface area contributed by atoms with Crippen molar-refractivity contribution in [1.29, 1.82) is 0 Å². The van der Waals surface area contributed by atoms with Crippen LogP contribution in [0.15, 0.2) is 18.2 Å². The summed E-state index contributed by atoms with van der Waals surface area (Å²) < 4.78 is 0. The van der Waals surface area contributed by atoms with Gasteiger partial charge in [0, 0.05) is 35.0 Å². The number of nitrogens with one attached hydrogen (secondary N) is 2. The average molecular weight is 329 g/mol. The van der Waals surface area contributed by atoms with Gasteiger partial charge in [0.1, 0.15) is 0 Å². The summed E-state index contributed by atoms with van der Waals surface area (Å²) in [6, 6.07) is 5.24. The van der Waals surface area contributed by atoms with Gasteiger partial charge < -0.3 is 10.6 Å². The maximum absolute atomic E-state index is 12.0. The lowest BCUT2D eigenvalue weighted by atomic mass is 9.99. The van der Waals surface area contributed by atoms with Crippen LogP contribution in [0, 0.1) is 0 Å². The number of hydrogen-bond donors (Lipinski definition) is 2. The largest absolute Gasteiger partial charge is 0.352 e. The van der Waals surface area contributed by atoms with Crippen LogP contribution in [-0.2, 0) is 16.0 Å².